The van der Waals surface area contributed by atoms with Crippen molar-refractivity contribution in [1.29, 1.82) is 0 Å². The Morgan fingerprint density at radius 3 is 2.89 bits per heavy atom. The van der Waals surface area contributed by atoms with Crippen LogP contribution in [0.2, 0.25) is 0 Å². The van der Waals surface area contributed by atoms with Crippen LogP contribution in [0.1, 0.15) is 6.42 Å². The third kappa shape index (κ3) is 3.48. The first-order valence-electron chi connectivity index (χ1n) is 5.83. The Kier molecular flexibility index (Phi) is 4.02. The Hall–Kier alpha value is -2.50. The highest BCUT2D eigenvalue weighted by Crippen LogP contribution is 2.17. The largest absolute Gasteiger partial charge is 0.481 e. The predicted molar refractivity (Wildman–Crippen MR) is 70.8 cm³/mol. The highest BCUT2D eigenvalue weighted by atomic mass is 16.4. The summed E-state index contributed by atoms with van der Waals surface area (Å²) in [6, 6.07) is 5.55. The Morgan fingerprint density at radius 1 is 1.37 bits per heavy atom. The van der Waals surface area contributed by atoms with E-state index in [4.69, 9.17) is 5.11 Å². The van der Waals surface area contributed by atoms with Gasteiger partial charge in [-0.1, -0.05) is 0 Å². The lowest BCUT2D eigenvalue weighted by atomic mass is 10.2. The fourth-order valence-corrected chi connectivity index (χ4v) is 1.57. The van der Waals surface area contributed by atoms with E-state index in [2.05, 4.69) is 15.0 Å². The number of hydrogen-bond acceptors (Lipinski definition) is 5. The van der Waals surface area contributed by atoms with Crippen LogP contribution in [0.3, 0.4) is 0 Å². The Morgan fingerprint density at radius 2 is 2.21 bits per heavy atom. The lowest BCUT2D eigenvalue weighted by molar-refractivity contribution is -0.136. The van der Waals surface area contributed by atoms with Gasteiger partial charge in [0, 0.05) is 37.7 Å². The first kappa shape index (κ1) is 12.9. The van der Waals surface area contributed by atoms with Gasteiger partial charge in [-0.15, -0.1) is 0 Å². The standard InChI is InChI=1S/C13H14N4O2/c1-17(8-5-12(18)19)13-15-7-4-11(16-13)10-3-2-6-14-9-10/h2-4,6-7,9H,5,8H2,1H3,(H,18,19). The molecule has 0 spiro atoms. The van der Waals surface area contributed by atoms with Crippen LogP contribution >= 0.6 is 0 Å². The number of carbonyl (C=O) groups is 1. The number of anilines is 1. The first-order valence-corrected chi connectivity index (χ1v) is 5.83. The second kappa shape index (κ2) is 5.90. The Bertz CT molecular complexity index is 560. The molecular formula is C13H14N4O2. The zero-order valence-electron chi connectivity index (χ0n) is 10.5. The fraction of sp³-hybridized carbons (Fsp3) is 0.231. The van der Waals surface area contributed by atoms with Gasteiger partial charge in [-0.2, -0.15) is 0 Å². The molecule has 0 amide bonds. The van der Waals surface area contributed by atoms with Gasteiger partial charge in [-0.25, -0.2) is 9.97 Å². The Balaban J connectivity index is 2.17. The molecule has 0 aromatic carbocycles. The molecule has 0 aliphatic rings. The zero-order valence-corrected chi connectivity index (χ0v) is 10.5. The van der Waals surface area contributed by atoms with Crippen molar-refractivity contribution in [3.63, 3.8) is 0 Å². The van der Waals surface area contributed by atoms with E-state index < -0.39 is 5.97 Å². The molecule has 6 nitrogen and oxygen atoms in total. The molecule has 0 aliphatic heterocycles. The molecule has 2 aromatic rings. The van der Waals surface area contributed by atoms with Gasteiger partial charge in [0.2, 0.25) is 5.95 Å². The maximum absolute atomic E-state index is 10.5. The maximum Gasteiger partial charge on any atom is 0.305 e. The molecule has 0 atom stereocenters. The third-order valence-electron chi connectivity index (χ3n) is 2.60. The molecule has 19 heavy (non-hydrogen) atoms. The molecule has 0 saturated carbocycles. The van der Waals surface area contributed by atoms with Gasteiger partial charge in [0.25, 0.3) is 0 Å². The van der Waals surface area contributed by atoms with Gasteiger partial charge in [0.15, 0.2) is 0 Å². The molecule has 0 fully saturated rings. The number of carboxylic acids is 1. The summed E-state index contributed by atoms with van der Waals surface area (Å²) in [7, 11) is 1.77. The van der Waals surface area contributed by atoms with Crippen LogP contribution in [-0.2, 0) is 4.79 Å². The lowest BCUT2D eigenvalue weighted by Gasteiger charge is -2.16. The quantitative estimate of drug-likeness (QED) is 0.874. The number of hydrogen-bond donors (Lipinski definition) is 1. The average molecular weight is 258 g/mol. The summed E-state index contributed by atoms with van der Waals surface area (Å²) in [5.74, 6) is -0.335. The van der Waals surface area contributed by atoms with E-state index in [-0.39, 0.29) is 6.42 Å². The second-order valence-electron chi connectivity index (χ2n) is 4.05. The number of aromatic nitrogens is 3. The second-order valence-corrected chi connectivity index (χ2v) is 4.05. The minimum Gasteiger partial charge on any atom is -0.481 e. The molecule has 6 heteroatoms. The molecule has 0 aliphatic carbocycles. The summed E-state index contributed by atoms with van der Waals surface area (Å²) < 4.78 is 0. The highest BCUT2D eigenvalue weighted by Gasteiger charge is 2.08. The summed E-state index contributed by atoms with van der Waals surface area (Å²) in [5.41, 5.74) is 1.66. The van der Waals surface area contributed by atoms with E-state index in [1.54, 1.807) is 36.6 Å². The van der Waals surface area contributed by atoms with E-state index in [0.717, 1.165) is 11.3 Å². The van der Waals surface area contributed by atoms with Crippen molar-refractivity contribution >= 4 is 11.9 Å². The lowest BCUT2D eigenvalue weighted by Crippen LogP contribution is -2.23. The van der Waals surface area contributed by atoms with Crippen molar-refractivity contribution in [1.82, 2.24) is 15.0 Å². The van der Waals surface area contributed by atoms with Gasteiger partial charge < -0.3 is 10.0 Å². The van der Waals surface area contributed by atoms with Crippen LogP contribution in [0.25, 0.3) is 11.3 Å². The van der Waals surface area contributed by atoms with Gasteiger partial charge in [0.05, 0.1) is 12.1 Å². The zero-order chi connectivity index (χ0) is 13.7. The van der Waals surface area contributed by atoms with E-state index in [1.165, 1.54) is 0 Å². The van der Waals surface area contributed by atoms with Crippen molar-refractivity contribution in [2.75, 3.05) is 18.5 Å². The minimum absolute atomic E-state index is 0.0526. The molecule has 0 saturated heterocycles. The third-order valence-corrected chi connectivity index (χ3v) is 2.60. The molecular weight excluding hydrogens is 244 g/mol. The monoisotopic (exact) mass is 258 g/mol. The average Bonchev–Trinajstić information content (AvgIpc) is 2.46. The predicted octanol–water partition coefficient (Wildman–Crippen LogP) is 1.45. The number of rotatable bonds is 5. The van der Waals surface area contributed by atoms with Gasteiger partial charge in [-0.3, -0.25) is 9.78 Å². The highest BCUT2D eigenvalue weighted by molar-refractivity contribution is 5.67. The maximum atomic E-state index is 10.5. The van der Waals surface area contributed by atoms with Crippen LogP contribution < -0.4 is 4.90 Å². The number of aliphatic carboxylic acids is 1. The normalized spacial score (nSPS) is 10.2. The minimum atomic E-state index is -0.838. The SMILES string of the molecule is CN(CCC(=O)O)c1nccc(-c2cccnc2)n1. The van der Waals surface area contributed by atoms with Crippen LogP contribution in [-0.4, -0.2) is 39.6 Å². The molecule has 0 unspecified atom stereocenters. The summed E-state index contributed by atoms with van der Waals surface area (Å²) in [5, 5.41) is 8.67. The van der Waals surface area contributed by atoms with Crippen LogP contribution in [0, 0.1) is 0 Å². The number of nitrogens with zero attached hydrogens (tertiary/aromatic N) is 4. The molecule has 0 radical (unpaired) electrons. The fourth-order valence-electron chi connectivity index (χ4n) is 1.57. The van der Waals surface area contributed by atoms with Crippen LogP contribution in [0.15, 0.2) is 36.8 Å². The van der Waals surface area contributed by atoms with E-state index in [0.29, 0.717) is 12.5 Å². The summed E-state index contributed by atoms with van der Waals surface area (Å²) in [6.45, 7) is 0.367. The Labute approximate surface area is 110 Å². The summed E-state index contributed by atoms with van der Waals surface area (Å²) in [6.07, 6.45) is 5.13. The smallest absolute Gasteiger partial charge is 0.305 e. The van der Waals surface area contributed by atoms with Crippen molar-refractivity contribution in [3.05, 3.63) is 36.8 Å². The van der Waals surface area contributed by atoms with Gasteiger partial charge in [0.1, 0.15) is 0 Å². The van der Waals surface area contributed by atoms with Crippen molar-refractivity contribution in [2.45, 2.75) is 6.42 Å². The first-order chi connectivity index (χ1) is 9.16. The molecule has 2 heterocycles. The van der Waals surface area contributed by atoms with Gasteiger partial charge in [-0.05, 0) is 18.2 Å². The number of pyridine rings is 1. The van der Waals surface area contributed by atoms with E-state index >= 15 is 0 Å². The van der Waals surface area contributed by atoms with Crippen LogP contribution in [0.5, 0.6) is 0 Å². The van der Waals surface area contributed by atoms with Crippen molar-refractivity contribution < 1.29 is 9.90 Å². The molecule has 2 rings (SSSR count). The molecule has 98 valence electrons. The summed E-state index contributed by atoms with van der Waals surface area (Å²) >= 11 is 0. The van der Waals surface area contributed by atoms with Crippen LogP contribution in [0.4, 0.5) is 5.95 Å². The van der Waals surface area contributed by atoms with Crippen molar-refractivity contribution in [2.24, 2.45) is 0 Å². The van der Waals surface area contributed by atoms with E-state index in [1.807, 2.05) is 12.1 Å². The molecule has 2 aromatic heterocycles. The van der Waals surface area contributed by atoms with E-state index in [9.17, 15) is 4.79 Å². The number of carboxylic acid groups (broad SMARTS) is 1. The van der Waals surface area contributed by atoms with Gasteiger partial charge >= 0.3 is 5.97 Å². The van der Waals surface area contributed by atoms with Crippen molar-refractivity contribution in [3.8, 4) is 11.3 Å². The molecule has 0 bridgehead atoms. The topological polar surface area (TPSA) is 79.2 Å². The summed E-state index contributed by atoms with van der Waals surface area (Å²) in [4.78, 5) is 24.9. The molecule has 1 N–H and O–H groups in total.